The Labute approximate surface area is 113 Å². The molecule has 0 atom stereocenters. The maximum absolute atomic E-state index is 12.3. The van der Waals surface area contributed by atoms with Crippen molar-refractivity contribution in [2.45, 2.75) is 33.9 Å². The van der Waals surface area contributed by atoms with Crippen LogP contribution in [0.1, 0.15) is 23.6 Å². The lowest BCUT2D eigenvalue weighted by Crippen LogP contribution is -2.26. The summed E-state index contributed by atoms with van der Waals surface area (Å²) in [4.78, 5) is 12.3. The molecule has 0 saturated heterocycles. The van der Waals surface area contributed by atoms with Gasteiger partial charge in [0.05, 0.1) is 5.69 Å². The molecule has 19 heavy (non-hydrogen) atoms. The Bertz CT molecular complexity index is 656. The lowest BCUT2D eigenvalue weighted by molar-refractivity contribution is 0.722. The molecule has 0 spiro atoms. The summed E-state index contributed by atoms with van der Waals surface area (Å²) in [5.41, 5.74) is 10.8. The molecule has 0 saturated carbocycles. The highest BCUT2D eigenvalue weighted by Crippen LogP contribution is 2.23. The van der Waals surface area contributed by atoms with E-state index in [0.29, 0.717) is 12.1 Å². The Morgan fingerprint density at radius 3 is 2.47 bits per heavy atom. The summed E-state index contributed by atoms with van der Waals surface area (Å²) < 4.78 is 1.79. The minimum Gasteiger partial charge on any atom is -0.326 e. The van der Waals surface area contributed by atoms with Crippen molar-refractivity contribution in [3.8, 4) is 11.3 Å². The van der Waals surface area contributed by atoms with Crippen LogP contribution in [0, 0.1) is 13.8 Å². The second-order valence-electron chi connectivity index (χ2n) is 4.82. The molecule has 100 valence electrons. The Hall–Kier alpha value is -1.87. The molecule has 0 bridgehead atoms. The van der Waals surface area contributed by atoms with Crippen molar-refractivity contribution < 1.29 is 0 Å². The fraction of sp³-hybridized carbons (Fsp3) is 0.312. The zero-order valence-electron chi connectivity index (χ0n) is 11.7. The van der Waals surface area contributed by atoms with Gasteiger partial charge in [-0.15, -0.1) is 0 Å². The molecule has 0 unspecified atom stereocenters. The minimum atomic E-state index is 0.0162. The molecule has 0 radical (unpaired) electrons. The van der Waals surface area contributed by atoms with E-state index in [4.69, 9.17) is 5.73 Å². The van der Waals surface area contributed by atoms with Gasteiger partial charge in [-0.1, -0.05) is 29.8 Å². The van der Waals surface area contributed by atoms with Crippen LogP contribution in [-0.4, -0.2) is 4.57 Å². The molecule has 2 rings (SSSR count). The molecule has 0 aliphatic rings. The zero-order valence-corrected chi connectivity index (χ0v) is 11.7. The summed E-state index contributed by atoms with van der Waals surface area (Å²) in [6.45, 7) is 7.06. The van der Waals surface area contributed by atoms with Crippen LogP contribution in [0.4, 0.5) is 0 Å². The van der Waals surface area contributed by atoms with Crippen LogP contribution >= 0.6 is 0 Å². The number of benzene rings is 1. The highest BCUT2D eigenvalue weighted by atomic mass is 16.1. The van der Waals surface area contributed by atoms with Crippen LogP contribution in [0.5, 0.6) is 0 Å². The van der Waals surface area contributed by atoms with Crippen molar-refractivity contribution in [1.29, 1.82) is 0 Å². The quantitative estimate of drug-likeness (QED) is 0.917. The van der Waals surface area contributed by atoms with Gasteiger partial charge < -0.3 is 10.3 Å². The molecule has 0 amide bonds. The first-order valence-corrected chi connectivity index (χ1v) is 6.59. The topological polar surface area (TPSA) is 48.0 Å². The average Bonchev–Trinajstić information content (AvgIpc) is 2.38. The third-order valence-electron chi connectivity index (χ3n) is 3.45. The first-order chi connectivity index (χ1) is 9.08. The van der Waals surface area contributed by atoms with Crippen LogP contribution in [0.3, 0.4) is 0 Å². The average molecular weight is 256 g/mol. The number of pyridine rings is 1. The number of hydrogen-bond acceptors (Lipinski definition) is 2. The van der Waals surface area contributed by atoms with E-state index in [1.54, 1.807) is 4.57 Å². The van der Waals surface area contributed by atoms with Crippen LogP contribution in [0.25, 0.3) is 11.3 Å². The number of nitrogens with two attached hydrogens (primary N) is 1. The second kappa shape index (κ2) is 5.41. The van der Waals surface area contributed by atoms with Gasteiger partial charge in [-0.25, -0.2) is 0 Å². The molecule has 0 aliphatic heterocycles. The maximum Gasteiger partial charge on any atom is 0.255 e. The van der Waals surface area contributed by atoms with Crippen molar-refractivity contribution in [2.75, 3.05) is 0 Å². The predicted molar refractivity (Wildman–Crippen MR) is 79.2 cm³/mol. The van der Waals surface area contributed by atoms with Crippen LogP contribution in [0.15, 0.2) is 35.1 Å². The van der Waals surface area contributed by atoms with Gasteiger partial charge in [0.1, 0.15) is 0 Å². The molecule has 3 nitrogen and oxygen atoms in total. The van der Waals surface area contributed by atoms with Crippen molar-refractivity contribution in [3.05, 3.63) is 57.4 Å². The van der Waals surface area contributed by atoms with Crippen molar-refractivity contribution in [2.24, 2.45) is 5.73 Å². The lowest BCUT2D eigenvalue weighted by Gasteiger charge is -2.15. The predicted octanol–water partition coefficient (Wildman–Crippen LogP) is 2.61. The summed E-state index contributed by atoms with van der Waals surface area (Å²) in [7, 11) is 0. The van der Waals surface area contributed by atoms with Gasteiger partial charge in [-0.2, -0.15) is 0 Å². The largest absolute Gasteiger partial charge is 0.326 e. The molecule has 2 N–H and O–H groups in total. The van der Waals surface area contributed by atoms with Crippen LogP contribution in [0.2, 0.25) is 0 Å². The van der Waals surface area contributed by atoms with Gasteiger partial charge in [0.15, 0.2) is 0 Å². The van der Waals surface area contributed by atoms with Gasteiger partial charge in [0.2, 0.25) is 0 Å². The SMILES string of the molecule is CCn1c(-c2ccc(C)cc2C)ccc(CN)c1=O. The highest BCUT2D eigenvalue weighted by molar-refractivity contribution is 5.64. The number of hydrogen-bond donors (Lipinski definition) is 1. The summed E-state index contributed by atoms with van der Waals surface area (Å²) in [5, 5.41) is 0. The molecule has 1 aromatic carbocycles. The Kier molecular flexibility index (Phi) is 3.86. The number of aryl methyl sites for hydroxylation is 2. The molecule has 1 heterocycles. The third-order valence-corrected chi connectivity index (χ3v) is 3.45. The van der Waals surface area contributed by atoms with E-state index in [0.717, 1.165) is 11.3 Å². The van der Waals surface area contributed by atoms with Gasteiger partial charge in [-0.3, -0.25) is 4.79 Å². The van der Waals surface area contributed by atoms with E-state index >= 15 is 0 Å². The van der Waals surface area contributed by atoms with Crippen LogP contribution in [-0.2, 0) is 13.1 Å². The summed E-state index contributed by atoms with van der Waals surface area (Å²) in [6, 6.07) is 10.1. The monoisotopic (exact) mass is 256 g/mol. The molecule has 0 fully saturated rings. The third kappa shape index (κ3) is 2.47. The molecule has 3 heteroatoms. The minimum absolute atomic E-state index is 0.0162. The van der Waals surface area contributed by atoms with E-state index in [-0.39, 0.29) is 12.1 Å². The fourth-order valence-corrected chi connectivity index (χ4v) is 2.43. The molecule has 1 aromatic heterocycles. The summed E-state index contributed by atoms with van der Waals surface area (Å²) in [6.07, 6.45) is 0. The van der Waals surface area contributed by atoms with Crippen molar-refractivity contribution in [3.63, 3.8) is 0 Å². The highest BCUT2D eigenvalue weighted by Gasteiger charge is 2.10. The van der Waals surface area contributed by atoms with Gasteiger partial charge in [-0.05, 0) is 32.4 Å². The summed E-state index contributed by atoms with van der Waals surface area (Å²) >= 11 is 0. The molecule has 2 aromatic rings. The van der Waals surface area contributed by atoms with Gasteiger partial charge in [0, 0.05) is 24.2 Å². The standard InChI is InChI=1S/C16H20N2O/c1-4-18-15(8-6-13(10-17)16(18)19)14-7-5-11(2)9-12(14)3/h5-9H,4,10,17H2,1-3H3. The van der Waals surface area contributed by atoms with Crippen molar-refractivity contribution in [1.82, 2.24) is 4.57 Å². The summed E-state index contributed by atoms with van der Waals surface area (Å²) in [5.74, 6) is 0. The van der Waals surface area contributed by atoms with Gasteiger partial charge in [0.25, 0.3) is 5.56 Å². The van der Waals surface area contributed by atoms with E-state index < -0.39 is 0 Å². The number of nitrogens with zero attached hydrogens (tertiary/aromatic N) is 1. The Morgan fingerprint density at radius 1 is 1.16 bits per heavy atom. The number of rotatable bonds is 3. The lowest BCUT2D eigenvalue weighted by atomic mass is 10.0. The first kappa shape index (κ1) is 13.6. The van der Waals surface area contributed by atoms with Crippen LogP contribution < -0.4 is 11.3 Å². The normalized spacial score (nSPS) is 10.7. The smallest absolute Gasteiger partial charge is 0.255 e. The number of aromatic nitrogens is 1. The molecule has 0 aliphatic carbocycles. The Morgan fingerprint density at radius 2 is 1.89 bits per heavy atom. The second-order valence-corrected chi connectivity index (χ2v) is 4.82. The van der Waals surface area contributed by atoms with E-state index in [1.165, 1.54) is 11.1 Å². The van der Waals surface area contributed by atoms with Gasteiger partial charge >= 0.3 is 0 Å². The Balaban J connectivity index is 2.69. The molecular formula is C16H20N2O. The van der Waals surface area contributed by atoms with E-state index in [2.05, 4.69) is 32.0 Å². The first-order valence-electron chi connectivity index (χ1n) is 6.59. The molecular weight excluding hydrogens is 236 g/mol. The van der Waals surface area contributed by atoms with Crippen molar-refractivity contribution >= 4 is 0 Å². The van der Waals surface area contributed by atoms with E-state index in [1.807, 2.05) is 19.1 Å². The van der Waals surface area contributed by atoms with E-state index in [9.17, 15) is 4.79 Å². The maximum atomic E-state index is 12.3. The zero-order chi connectivity index (χ0) is 14.0. The fourth-order valence-electron chi connectivity index (χ4n) is 2.43.